The fourth-order valence-electron chi connectivity index (χ4n) is 10.0. The van der Waals surface area contributed by atoms with Crippen LogP contribution in [0, 0.1) is 21.5 Å². The van der Waals surface area contributed by atoms with Crippen molar-refractivity contribution in [1.29, 1.82) is 0 Å². The van der Waals surface area contributed by atoms with Gasteiger partial charge in [0.2, 0.25) is 0 Å². The molecule has 0 spiro atoms. The van der Waals surface area contributed by atoms with Crippen LogP contribution in [0.5, 0.6) is 0 Å². The van der Waals surface area contributed by atoms with Crippen molar-refractivity contribution >= 4 is 74.9 Å². The average Bonchev–Trinajstić information content (AvgIpc) is 3.76. The topological polar surface area (TPSA) is 199 Å². The van der Waals surface area contributed by atoms with E-state index in [-0.39, 0.29) is 34.2 Å². The minimum absolute atomic E-state index is 0.0804. The van der Waals surface area contributed by atoms with E-state index in [4.69, 9.17) is 31.9 Å². The Morgan fingerprint density at radius 1 is 0.575 bits per heavy atom. The molecular weight excluding hydrogens is 1230 g/mol. The molecule has 0 bridgehead atoms. The first-order valence-corrected chi connectivity index (χ1v) is 32.5. The number of amides is 2. The van der Waals surface area contributed by atoms with E-state index in [0.717, 1.165) is 109 Å². The van der Waals surface area contributed by atoms with E-state index in [1.54, 1.807) is 21.9 Å². The first-order valence-electron chi connectivity index (χ1n) is 31.0. The summed E-state index contributed by atoms with van der Waals surface area (Å²) in [5.41, 5.74) is 11.6. The van der Waals surface area contributed by atoms with Crippen molar-refractivity contribution in [2.75, 3.05) is 45.8 Å². The number of carboxylic acids is 1. The Morgan fingerprint density at radius 3 is 1.26 bits per heavy atom. The number of aromatic carboxylic acids is 1. The predicted octanol–water partition coefficient (Wildman–Crippen LogP) is 16.0. The number of halogens is 2. The second kappa shape index (κ2) is 33.4. The number of carboxylic acid groups (broad SMARTS) is 1. The number of carbonyl (C=O) groups excluding carboxylic acids is 4. The summed E-state index contributed by atoms with van der Waals surface area (Å²) in [5, 5.41) is 13.5. The van der Waals surface area contributed by atoms with Crippen molar-refractivity contribution in [2.45, 2.75) is 196 Å². The summed E-state index contributed by atoms with van der Waals surface area (Å²) < 4.78 is 13.8. The molecule has 5 heterocycles. The largest absolute Gasteiger partial charge is 0.478 e. The summed E-state index contributed by atoms with van der Waals surface area (Å²) in [4.78, 5) is 70.7. The Morgan fingerprint density at radius 2 is 0.931 bits per heavy atom. The molecule has 3 fully saturated rings. The van der Waals surface area contributed by atoms with E-state index in [0.29, 0.717) is 54.3 Å². The lowest BCUT2D eigenvalue weighted by molar-refractivity contribution is 0.0173. The SMILES string of the molecule is CC(C)(C)OC(=O)N1CCC(CCC(=O)c2ccc(C(C)(C)C)cc2)CC1.CC(C)(C)OC(=O)N1CCC(CN)CC1.CC(C)(C)c1ccc(C(=O)CCC2CCNCC2)cc1.CC(C)(C)c1ccc(C(=O)O)cc1.Cn1c(I)cc2c(Cl)ncnc21. The highest BCUT2D eigenvalue weighted by atomic mass is 127. The second-order valence-corrected chi connectivity index (χ2v) is 29.9. The van der Waals surface area contributed by atoms with Crippen molar-refractivity contribution < 1.29 is 38.6 Å². The van der Waals surface area contributed by atoms with Crippen LogP contribution in [-0.2, 0) is 32.8 Å². The van der Waals surface area contributed by atoms with Crippen LogP contribution in [-0.4, -0.2) is 116 Å². The number of benzene rings is 3. The van der Waals surface area contributed by atoms with Gasteiger partial charge in [0.1, 0.15) is 28.3 Å². The van der Waals surface area contributed by atoms with Gasteiger partial charge >= 0.3 is 18.2 Å². The number of ether oxygens (including phenoxy) is 2. The van der Waals surface area contributed by atoms with E-state index in [1.165, 1.54) is 30.3 Å². The summed E-state index contributed by atoms with van der Waals surface area (Å²) in [7, 11) is 1.95. The first-order chi connectivity index (χ1) is 40.4. The number of rotatable bonds is 10. The van der Waals surface area contributed by atoms with Gasteiger partial charge in [-0.3, -0.25) is 9.59 Å². The number of aryl methyl sites for hydroxylation is 1. The van der Waals surface area contributed by atoms with Crippen LogP contribution in [0.2, 0.25) is 5.15 Å². The normalized spacial score (nSPS) is 15.5. The Kier molecular flexibility index (Phi) is 28.4. The maximum absolute atomic E-state index is 12.5. The molecule has 8 rings (SSSR count). The van der Waals surface area contributed by atoms with Crippen molar-refractivity contribution in [3.05, 3.63) is 127 Å². The second-order valence-electron chi connectivity index (χ2n) is 28.4. The number of aromatic nitrogens is 3. The fourth-order valence-corrected chi connectivity index (χ4v) is 10.8. The van der Waals surface area contributed by atoms with Crippen molar-refractivity contribution in [1.82, 2.24) is 29.7 Å². The smallest absolute Gasteiger partial charge is 0.410 e. The van der Waals surface area contributed by atoms with Gasteiger partial charge in [-0.25, -0.2) is 24.4 Å². The third-order valence-electron chi connectivity index (χ3n) is 15.7. The minimum atomic E-state index is -0.875. The molecule has 17 heteroatoms. The van der Waals surface area contributed by atoms with Gasteiger partial charge < -0.3 is 40.0 Å². The lowest BCUT2D eigenvalue weighted by Gasteiger charge is -2.33. The quantitative estimate of drug-likeness (QED) is 0.0680. The summed E-state index contributed by atoms with van der Waals surface area (Å²) >= 11 is 8.11. The molecule has 0 aliphatic carbocycles. The highest BCUT2D eigenvalue weighted by Gasteiger charge is 2.29. The first kappa shape index (κ1) is 74.0. The summed E-state index contributed by atoms with van der Waals surface area (Å²) in [6, 6.07) is 25.2. The maximum atomic E-state index is 12.5. The molecule has 2 amide bonds. The summed E-state index contributed by atoms with van der Waals surface area (Å²) in [6.07, 6.45) is 10.6. The molecule has 3 saturated heterocycles. The molecule has 2 aromatic heterocycles. The Bertz CT molecular complexity index is 2960. The molecule has 480 valence electrons. The third kappa shape index (κ3) is 25.9. The van der Waals surface area contributed by atoms with Crippen LogP contribution in [0.1, 0.15) is 216 Å². The van der Waals surface area contributed by atoms with Gasteiger partial charge in [0.05, 0.1) is 14.7 Å². The number of fused-ring (bicyclic) bond motifs is 1. The Balaban J connectivity index is 0.000000241. The maximum Gasteiger partial charge on any atom is 0.410 e. The number of likely N-dealkylation sites (tertiary alicyclic amines) is 2. The standard InChI is InChI=1S/C23H35NO3.C18H27NO.C11H22N2O2.C11H14O2.C7H5ClIN3/c1-22(2,3)19-10-8-18(9-11-19)20(25)12-7-17-13-15-24(16-14-17)21(26)27-23(4,5)6;1-18(2,3)16-7-5-15(6-8-16)17(20)9-4-14-10-12-19-13-11-14;1-11(2,3)15-10(14)13-6-4-9(8-12)5-7-13;1-11(2,3)9-6-4-8(5-7-9)10(12)13;1-12-5(9)2-4-6(8)10-3-11-7(4)12/h8-11,17H,7,12-16H2,1-6H3;5-8,14,19H,4,9-13H2,1-3H3;9H,4-8,12H2,1-3H3;4-7H,1-3H3,(H,12,13);2-3H,1H3. The molecule has 0 unspecified atom stereocenters. The van der Waals surface area contributed by atoms with Gasteiger partial charge in [0.25, 0.3) is 0 Å². The van der Waals surface area contributed by atoms with Crippen LogP contribution in [0.15, 0.2) is 85.2 Å². The van der Waals surface area contributed by atoms with Crippen LogP contribution >= 0.6 is 34.2 Å². The average molecular weight is 1330 g/mol. The third-order valence-corrected chi connectivity index (χ3v) is 17.1. The van der Waals surface area contributed by atoms with E-state index in [2.05, 4.69) is 124 Å². The molecule has 5 aromatic rings. The number of hydrogen-bond donors (Lipinski definition) is 3. The molecule has 15 nitrogen and oxygen atoms in total. The van der Waals surface area contributed by atoms with E-state index in [1.807, 2.05) is 95.6 Å². The van der Waals surface area contributed by atoms with Gasteiger partial charge in [0.15, 0.2) is 11.6 Å². The molecule has 0 atom stereocenters. The van der Waals surface area contributed by atoms with Crippen LogP contribution in [0.3, 0.4) is 0 Å². The van der Waals surface area contributed by atoms with Crippen LogP contribution in [0.25, 0.3) is 11.0 Å². The number of nitrogens with one attached hydrogen (secondary N) is 1. The molecule has 0 radical (unpaired) electrons. The molecule has 3 aliphatic rings. The fraction of sp³-hybridized carbons (Fsp3) is 0.586. The van der Waals surface area contributed by atoms with Gasteiger partial charge in [-0.2, -0.15) is 0 Å². The van der Waals surface area contributed by atoms with E-state index in [9.17, 15) is 24.0 Å². The highest BCUT2D eigenvalue weighted by Crippen LogP contribution is 2.29. The van der Waals surface area contributed by atoms with Gasteiger partial charge in [-0.1, -0.05) is 135 Å². The van der Waals surface area contributed by atoms with Crippen LogP contribution < -0.4 is 11.1 Å². The zero-order valence-electron chi connectivity index (χ0n) is 55.2. The van der Waals surface area contributed by atoms with Gasteiger partial charge in [0, 0.05) is 57.2 Å². The molecule has 87 heavy (non-hydrogen) atoms. The molecular formula is C70H103ClIN7O8. The molecule has 0 saturated carbocycles. The molecule has 3 aromatic carbocycles. The van der Waals surface area contributed by atoms with Crippen molar-refractivity contribution in [2.24, 2.45) is 30.5 Å². The monoisotopic (exact) mass is 1330 g/mol. The van der Waals surface area contributed by atoms with Gasteiger partial charge in [-0.05, 0) is 204 Å². The van der Waals surface area contributed by atoms with E-state index >= 15 is 0 Å². The number of ketones is 2. The molecule has 3 aliphatic heterocycles. The molecule has 4 N–H and O–H groups in total. The summed E-state index contributed by atoms with van der Waals surface area (Å²) in [5.74, 6) is 1.44. The lowest BCUT2D eigenvalue weighted by Crippen LogP contribution is -2.42. The zero-order valence-corrected chi connectivity index (χ0v) is 58.1. The minimum Gasteiger partial charge on any atom is -0.478 e. The van der Waals surface area contributed by atoms with Gasteiger partial charge in [-0.15, -0.1) is 0 Å². The predicted molar refractivity (Wildman–Crippen MR) is 361 cm³/mol. The van der Waals surface area contributed by atoms with Crippen LogP contribution in [0.4, 0.5) is 9.59 Å². The number of carbonyl (C=O) groups is 5. The number of piperidine rings is 3. The van der Waals surface area contributed by atoms with E-state index < -0.39 is 17.2 Å². The van der Waals surface area contributed by atoms with Crippen molar-refractivity contribution in [3.8, 4) is 0 Å². The highest BCUT2D eigenvalue weighted by molar-refractivity contribution is 14.1. The number of nitrogens with zero attached hydrogens (tertiary/aromatic N) is 5. The lowest BCUT2D eigenvalue weighted by atomic mass is 9.86. The van der Waals surface area contributed by atoms with Crippen molar-refractivity contribution in [3.63, 3.8) is 0 Å². The number of Topliss-reactive ketones (excluding diaryl/α,β-unsaturated/α-hetero) is 2. The Hall–Kier alpha value is -5.43. The number of hydrogen-bond acceptors (Lipinski definition) is 11. The zero-order chi connectivity index (χ0) is 65.1. The Labute approximate surface area is 539 Å². The summed E-state index contributed by atoms with van der Waals surface area (Å²) in [6.45, 7) is 36.7. The number of nitrogens with two attached hydrogens (primary N) is 1.